The van der Waals surface area contributed by atoms with Gasteiger partial charge in [-0.15, -0.1) is 10.2 Å². The van der Waals surface area contributed by atoms with E-state index in [4.69, 9.17) is 47.4 Å². The van der Waals surface area contributed by atoms with Crippen molar-refractivity contribution < 1.29 is 155 Å². The predicted octanol–water partition coefficient (Wildman–Crippen LogP) is -1.47. The van der Waals surface area contributed by atoms with Crippen LogP contribution in [0, 0.1) is 0 Å². The fraction of sp³-hybridized carbons (Fsp3) is 0.667. The van der Waals surface area contributed by atoms with Gasteiger partial charge in [0.15, 0.2) is 0 Å². The zero-order valence-corrected chi connectivity index (χ0v) is 77.4. The third-order valence-electron chi connectivity index (χ3n) is 20.9. The Hall–Kier alpha value is -9.70. The summed E-state index contributed by atoms with van der Waals surface area (Å²) in [5.41, 5.74) is 2.36. The molecule has 3 aliphatic rings. The van der Waals surface area contributed by atoms with Crippen LogP contribution in [0.2, 0.25) is 0 Å². The van der Waals surface area contributed by atoms with Crippen molar-refractivity contribution in [3.8, 4) is 11.5 Å². The second-order valence-corrected chi connectivity index (χ2v) is 35.5. The Morgan fingerprint density at radius 2 is 0.770 bits per heavy atom. The van der Waals surface area contributed by atoms with E-state index in [1.807, 2.05) is 12.4 Å². The molecule has 12 amide bonds. The average molecular weight is 1960 g/mol. The van der Waals surface area contributed by atoms with Crippen molar-refractivity contribution in [3.63, 3.8) is 0 Å². The van der Waals surface area contributed by atoms with Gasteiger partial charge >= 0.3 is 27.3 Å². The molecule has 0 radical (unpaired) electrons. The minimum atomic E-state index is -4.43. The molecule has 2 aromatic heterocycles. The first kappa shape index (κ1) is 112. The lowest BCUT2D eigenvalue weighted by atomic mass is 9.97. The third-order valence-corrected chi connectivity index (χ3v) is 22.6. The maximum absolute atomic E-state index is 13.6. The van der Waals surface area contributed by atoms with Gasteiger partial charge in [-0.1, -0.05) is 10.4 Å². The lowest BCUT2D eigenvalue weighted by molar-refractivity contribution is -0.272. The van der Waals surface area contributed by atoms with E-state index in [2.05, 4.69) is 73.8 Å². The van der Waals surface area contributed by atoms with Crippen LogP contribution >= 0.6 is 15.2 Å². The molecule has 0 spiro atoms. The summed E-state index contributed by atoms with van der Waals surface area (Å²) in [5.74, 6) is -2.07. The van der Waals surface area contributed by atoms with Crippen LogP contribution in [0.3, 0.4) is 0 Å². The highest BCUT2D eigenvalue weighted by Crippen LogP contribution is 2.39. The number of aliphatic hydroxyl groups excluding tert-OH is 6. The Bertz CT molecular complexity index is 4320. The van der Waals surface area contributed by atoms with Crippen molar-refractivity contribution in [1.82, 2.24) is 77.4 Å². The van der Waals surface area contributed by atoms with E-state index in [1.165, 1.54) is 60.7 Å². The number of rotatable bonds is 70. The number of benzene rings is 2. The molecule has 2 aromatic carbocycles. The number of aryl methyl sites for hydroxylation is 4. The van der Waals surface area contributed by atoms with Crippen molar-refractivity contribution in [3.05, 3.63) is 84.5 Å². The molecule has 0 aliphatic carbocycles. The van der Waals surface area contributed by atoms with E-state index in [0.717, 1.165) is 16.3 Å². The normalized spacial score (nSPS) is 19.1. The van der Waals surface area contributed by atoms with Gasteiger partial charge in [0.25, 0.3) is 11.8 Å². The molecule has 2 saturated heterocycles. The summed E-state index contributed by atoms with van der Waals surface area (Å²) in [4.78, 5) is 163. The Labute approximate surface area is 780 Å². The van der Waals surface area contributed by atoms with Crippen LogP contribution in [0.4, 0.5) is 21.0 Å². The number of aromatic nitrogens is 6. The number of aliphatic hydroxyl groups is 6. The SMILES string of the molecule is O=C(CCCCn1cc(CCCCNC(=O)Nc2ccc(O[C@H]3O[C@H](CCP(=O)(O)O)[C@@H](O)[C@H](O)[C@@H]3O)cc2)nn1)NCCCC[C@H](NC(=O)CCCNC(=O)CCCCn1cc(CCCCNC(=O)Nc2ccc(O[C@H]3O[C@H](CCP(=O)(O)O)[C@@H](O)[C@H](O)[C@@H]3O)cc2)nn1)C(=O)NCCOCCOCCOCCOCCC(=O)NCCOCCOCCC(=O)NCCN1C(=O)C=CC1=O. The molecule has 0 unspecified atom stereocenters. The summed E-state index contributed by atoms with van der Waals surface area (Å²) in [5, 5.41) is 107. The largest absolute Gasteiger partial charge is 0.462 e. The number of amides is 12. The number of carbonyl (C=O) groups excluding carboxylic acids is 10. The molecule has 7 rings (SSSR count). The van der Waals surface area contributed by atoms with Gasteiger partial charge in [0.2, 0.25) is 48.0 Å². The molecule has 3 aliphatic heterocycles. The number of unbranched alkanes of at least 4 members (excludes halogenated alkanes) is 5. The Morgan fingerprint density at radius 1 is 0.393 bits per heavy atom. The van der Waals surface area contributed by atoms with Crippen LogP contribution < -0.4 is 62.6 Å². The minimum Gasteiger partial charge on any atom is -0.462 e. The second-order valence-electron chi connectivity index (χ2n) is 31.9. The number of imide groups is 1. The maximum Gasteiger partial charge on any atom is 0.325 e. The molecule has 4 aromatic rings. The lowest BCUT2D eigenvalue weighted by Crippen LogP contribution is -2.59. The fourth-order valence-electron chi connectivity index (χ4n) is 13.5. The molecule has 51 heteroatoms. The summed E-state index contributed by atoms with van der Waals surface area (Å²) in [6.07, 6.45) is -2.34. The summed E-state index contributed by atoms with van der Waals surface area (Å²) in [7, 11) is -8.86. The Morgan fingerprint density at radius 3 is 1.21 bits per heavy atom. The van der Waals surface area contributed by atoms with Crippen LogP contribution in [0.5, 0.6) is 11.5 Å². The number of nitrogens with zero attached hydrogens (tertiary/aromatic N) is 7. The van der Waals surface area contributed by atoms with Crippen molar-refractivity contribution in [1.29, 1.82) is 0 Å². The zero-order valence-electron chi connectivity index (χ0n) is 75.6. The van der Waals surface area contributed by atoms with Crippen LogP contribution in [0.15, 0.2) is 73.1 Å². The van der Waals surface area contributed by atoms with Gasteiger partial charge < -0.3 is 151 Å². The predicted molar refractivity (Wildman–Crippen MR) is 478 cm³/mol. The Kier molecular flexibility index (Phi) is 52.3. The molecule has 0 bridgehead atoms. The number of ether oxygens (including phenoxy) is 10. The molecule has 2 fully saturated rings. The quantitative estimate of drug-likeness (QED) is 0.0136. The van der Waals surface area contributed by atoms with Gasteiger partial charge in [-0.25, -0.2) is 9.59 Å². The first-order valence-electron chi connectivity index (χ1n) is 45.4. The summed E-state index contributed by atoms with van der Waals surface area (Å²) < 4.78 is 81.6. The van der Waals surface area contributed by atoms with Gasteiger partial charge in [-0.2, -0.15) is 0 Å². The molecular weight excluding hydrogens is 1820 g/mol. The second kappa shape index (κ2) is 62.9. The third kappa shape index (κ3) is 47.3. The van der Waals surface area contributed by atoms with Crippen molar-refractivity contribution >= 4 is 85.9 Å². The van der Waals surface area contributed by atoms with Crippen LogP contribution in [0.1, 0.15) is 133 Å². The molecule has 49 nitrogen and oxygen atoms in total. The molecular formula is C84H133N17O32P2. The Balaban J connectivity index is 0.705. The molecule has 756 valence electrons. The van der Waals surface area contributed by atoms with Gasteiger partial charge in [0.05, 0.1) is 115 Å². The number of nitrogens with one attached hydrogen (secondary N) is 10. The van der Waals surface area contributed by atoms with Crippen molar-refractivity contribution in [2.24, 2.45) is 0 Å². The first-order valence-corrected chi connectivity index (χ1v) is 49.0. The van der Waals surface area contributed by atoms with E-state index in [1.54, 1.807) is 9.36 Å². The zero-order chi connectivity index (χ0) is 97.6. The van der Waals surface area contributed by atoms with Crippen LogP contribution in [0.25, 0.3) is 0 Å². The van der Waals surface area contributed by atoms with Gasteiger partial charge in [-0.05, 0) is 151 Å². The highest BCUT2D eigenvalue weighted by molar-refractivity contribution is 7.52. The lowest BCUT2D eigenvalue weighted by Gasteiger charge is -2.40. The van der Waals surface area contributed by atoms with E-state index in [-0.39, 0.29) is 191 Å². The average Bonchev–Trinajstić information content (AvgIpc) is 1.72. The smallest absolute Gasteiger partial charge is 0.325 e. The minimum absolute atomic E-state index is 0.0323. The van der Waals surface area contributed by atoms with E-state index >= 15 is 0 Å². The fourth-order valence-corrected chi connectivity index (χ4v) is 14.7. The van der Waals surface area contributed by atoms with Gasteiger partial charge in [-0.3, -0.25) is 61.7 Å². The van der Waals surface area contributed by atoms with Crippen LogP contribution in [-0.4, -0.2) is 356 Å². The summed E-state index contributed by atoms with van der Waals surface area (Å²) >= 11 is 0. The molecule has 0 saturated carbocycles. The summed E-state index contributed by atoms with van der Waals surface area (Å²) in [6.45, 7) is 5.92. The van der Waals surface area contributed by atoms with Gasteiger partial charge in [0.1, 0.15) is 54.2 Å². The molecule has 20 N–H and O–H groups in total. The molecule has 5 heterocycles. The number of carbonyl (C=O) groups is 10. The van der Waals surface area contributed by atoms with Crippen LogP contribution in [-0.2, 0) is 111 Å². The first-order chi connectivity index (χ1) is 64.8. The van der Waals surface area contributed by atoms with Crippen molar-refractivity contribution in [2.45, 2.75) is 215 Å². The number of hydrogen-bond donors (Lipinski definition) is 20. The molecule has 11 atom stereocenters. The van der Waals surface area contributed by atoms with E-state index < -0.39 is 125 Å². The number of urea groups is 2. The molecule has 135 heavy (non-hydrogen) atoms. The number of anilines is 2. The highest BCUT2D eigenvalue weighted by atomic mass is 31.2. The van der Waals surface area contributed by atoms with E-state index in [0.29, 0.717) is 141 Å². The highest BCUT2D eigenvalue weighted by Gasteiger charge is 2.47. The number of hydrogen-bond acceptors (Lipinski definition) is 32. The summed E-state index contributed by atoms with van der Waals surface area (Å²) in [6, 6.07) is 10.2. The maximum atomic E-state index is 13.6. The standard InChI is InChI=1S/C84H133N17O32P2/c102-67(15-4-9-39-99-56-60(95-97-99)12-1-6-33-90-83(116)92-58-18-22-62(23-19-58)130-81-78(113)76(111)74(109)65(132-81)30-54-134(118,119)120)85-32-8-3-14-64(80(115)89-38-45-127-49-51-129-53-52-128-50-47-125-43-29-70(105)88-37-44-126-48-46-124-42-28-69(104)87-36-41-101-72(107)26-27-73(101)108)94-71(106)17-11-35-86-68(103)16-5-10-40-100-57-61(96-98-100)13-2-7-34-91-84(117)93-59-20-24-63(25-21-59)131-82-79(114)77(112)75(110)66(133-82)31-55-135(121,122)123/h18-27,56-57,64-66,74-79,81-82,109-114H,1-17,28-55H2,(H,85,102)(H,86,103)(H,87,104)(H,88,105)(H,89,115)(H,94,106)(H2,90,92,116)(H2,91,93,117)(H2,118,119,120)(H2,121,122,123)/t64-,65+,66+,74+,75+,76-,77-,78-,79-,81-,82-/m0/s1. The van der Waals surface area contributed by atoms with E-state index in [9.17, 15) is 107 Å². The topological polar surface area (TPSA) is 684 Å². The monoisotopic (exact) mass is 1950 g/mol. The van der Waals surface area contributed by atoms with Crippen molar-refractivity contribution in [2.75, 3.05) is 155 Å². The van der Waals surface area contributed by atoms with Gasteiger partial charge in [0, 0.05) is 133 Å².